The van der Waals surface area contributed by atoms with Gasteiger partial charge in [0.1, 0.15) is 11.9 Å². The average molecular weight is 385 g/mol. The smallest absolute Gasteiger partial charge is 0.306 e. The van der Waals surface area contributed by atoms with Gasteiger partial charge in [-0.2, -0.15) is 0 Å². The molecule has 0 fully saturated rings. The van der Waals surface area contributed by atoms with Crippen molar-refractivity contribution in [1.82, 2.24) is 10.9 Å². The van der Waals surface area contributed by atoms with E-state index in [1.165, 1.54) is 6.92 Å². The van der Waals surface area contributed by atoms with Gasteiger partial charge in [-0.05, 0) is 18.2 Å². The van der Waals surface area contributed by atoms with Crippen molar-refractivity contribution in [2.75, 3.05) is 0 Å². The number of carbonyl (C=O) groups is 2. The number of carboxylic acid groups (broad SMARTS) is 1. The maximum absolute atomic E-state index is 11.4. The first-order valence-electron chi connectivity index (χ1n) is 8.20. The van der Waals surface area contributed by atoms with Gasteiger partial charge in [-0.3, -0.25) is 25.4 Å². The summed E-state index contributed by atoms with van der Waals surface area (Å²) >= 11 is 5.98. The van der Waals surface area contributed by atoms with E-state index in [1.54, 1.807) is 18.2 Å². The molecule has 1 amide bonds. The first-order valence-corrected chi connectivity index (χ1v) is 8.58. The van der Waals surface area contributed by atoms with Gasteiger partial charge in [0.2, 0.25) is 5.91 Å². The van der Waals surface area contributed by atoms with E-state index in [2.05, 4.69) is 20.8 Å². The molecule has 138 valence electrons. The van der Waals surface area contributed by atoms with E-state index in [9.17, 15) is 14.7 Å². The molecule has 3 rings (SSSR count). The second kappa shape index (κ2) is 8.01. The number of nitrogens with zero attached hydrogens (tertiary/aromatic N) is 2. The van der Waals surface area contributed by atoms with E-state index in [-0.39, 0.29) is 18.2 Å². The number of aliphatic imine (C=N–C) groups is 2. The van der Waals surface area contributed by atoms with Crippen LogP contribution in [-0.4, -0.2) is 34.6 Å². The normalized spacial score (nSPS) is 15.7. The van der Waals surface area contributed by atoms with Crippen molar-refractivity contribution in [3.8, 4) is 0 Å². The molecule has 27 heavy (non-hydrogen) atoms. The van der Waals surface area contributed by atoms with Gasteiger partial charge in [0, 0.05) is 23.1 Å². The van der Waals surface area contributed by atoms with Crippen LogP contribution in [0.5, 0.6) is 0 Å². The summed E-state index contributed by atoms with van der Waals surface area (Å²) in [5.74, 6) is -1.10. The summed E-state index contributed by atoms with van der Waals surface area (Å²) < 4.78 is 0. The zero-order valence-corrected chi connectivity index (χ0v) is 15.2. The molecule has 0 saturated heterocycles. The van der Waals surface area contributed by atoms with Gasteiger partial charge in [0.15, 0.2) is 0 Å². The van der Waals surface area contributed by atoms with Crippen molar-refractivity contribution in [1.29, 1.82) is 0 Å². The molecule has 2 aromatic carbocycles. The standard InChI is InChI=1S/C19H17ClN4O3/c1-11(25)23-24-19-16(10-17(26)27)21-18(12-6-8-13(20)9-7-12)14-4-2-3-5-15(14)22-19/h2-9,16H,10H2,1H3,(H,22,24)(H,23,25)(H,26,27). The van der Waals surface area contributed by atoms with E-state index < -0.39 is 12.0 Å². The van der Waals surface area contributed by atoms with Crippen LogP contribution in [0.1, 0.15) is 24.5 Å². The van der Waals surface area contributed by atoms with Crippen LogP contribution < -0.4 is 10.9 Å². The third-order valence-electron chi connectivity index (χ3n) is 3.85. The van der Waals surface area contributed by atoms with Crippen LogP contribution in [0.4, 0.5) is 5.69 Å². The number of amides is 1. The average Bonchev–Trinajstić information content (AvgIpc) is 2.77. The highest BCUT2D eigenvalue weighted by Crippen LogP contribution is 2.27. The third-order valence-corrected chi connectivity index (χ3v) is 4.10. The van der Waals surface area contributed by atoms with Crippen LogP contribution in [0.3, 0.4) is 0 Å². The van der Waals surface area contributed by atoms with Crippen molar-refractivity contribution in [2.45, 2.75) is 19.4 Å². The van der Waals surface area contributed by atoms with Crippen LogP contribution >= 0.6 is 11.6 Å². The summed E-state index contributed by atoms with van der Waals surface area (Å²) in [6.45, 7) is 1.34. The molecule has 8 heteroatoms. The van der Waals surface area contributed by atoms with Crippen LogP contribution in [0, 0.1) is 0 Å². The zero-order chi connectivity index (χ0) is 19.4. The molecule has 1 unspecified atom stereocenters. The monoisotopic (exact) mass is 384 g/mol. The molecule has 2 aromatic rings. The maximum Gasteiger partial charge on any atom is 0.306 e. The van der Waals surface area contributed by atoms with Crippen molar-refractivity contribution < 1.29 is 14.7 Å². The van der Waals surface area contributed by atoms with Gasteiger partial charge in [-0.1, -0.05) is 41.9 Å². The lowest BCUT2D eigenvalue weighted by Gasteiger charge is -2.15. The number of rotatable bonds is 3. The summed E-state index contributed by atoms with van der Waals surface area (Å²) in [6.07, 6.45) is -0.281. The largest absolute Gasteiger partial charge is 0.481 e. The van der Waals surface area contributed by atoms with Crippen molar-refractivity contribution in [2.24, 2.45) is 9.98 Å². The van der Waals surface area contributed by atoms with Crippen molar-refractivity contribution in [3.63, 3.8) is 0 Å². The van der Waals surface area contributed by atoms with E-state index in [0.717, 1.165) is 11.1 Å². The number of aliphatic carboxylic acids is 1. The Balaban J connectivity index is 2.13. The number of carboxylic acids is 1. The van der Waals surface area contributed by atoms with E-state index in [0.29, 0.717) is 16.4 Å². The summed E-state index contributed by atoms with van der Waals surface area (Å²) in [7, 11) is 0. The molecule has 0 aromatic heterocycles. The molecular formula is C19H17ClN4O3. The molecule has 1 heterocycles. The Hall–Kier alpha value is -3.19. The van der Waals surface area contributed by atoms with E-state index >= 15 is 0 Å². The molecule has 3 N–H and O–H groups in total. The lowest BCUT2D eigenvalue weighted by Crippen LogP contribution is -2.45. The number of amidine groups is 1. The van der Waals surface area contributed by atoms with Crippen LogP contribution in [-0.2, 0) is 9.59 Å². The fraction of sp³-hybridized carbons (Fsp3) is 0.158. The van der Waals surface area contributed by atoms with Gasteiger partial charge < -0.3 is 5.11 Å². The Morgan fingerprint density at radius 3 is 2.52 bits per heavy atom. The molecule has 1 aliphatic heterocycles. The minimum Gasteiger partial charge on any atom is -0.481 e. The Bertz CT molecular complexity index is 938. The summed E-state index contributed by atoms with van der Waals surface area (Å²) in [5.41, 5.74) is 7.91. The van der Waals surface area contributed by atoms with Crippen LogP contribution in [0.15, 0.2) is 58.5 Å². The van der Waals surface area contributed by atoms with Gasteiger partial charge in [0.05, 0.1) is 17.8 Å². The Morgan fingerprint density at radius 2 is 1.85 bits per heavy atom. The fourth-order valence-corrected chi connectivity index (χ4v) is 2.80. The van der Waals surface area contributed by atoms with E-state index in [4.69, 9.17) is 11.6 Å². The number of para-hydroxylation sites is 1. The fourth-order valence-electron chi connectivity index (χ4n) is 2.67. The first-order chi connectivity index (χ1) is 12.9. The van der Waals surface area contributed by atoms with Crippen LogP contribution in [0.25, 0.3) is 0 Å². The number of benzene rings is 2. The lowest BCUT2D eigenvalue weighted by atomic mass is 10.0. The van der Waals surface area contributed by atoms with Crippen LogP contribution in [0.2, 0.25) is 5.02 Å². The highest BCUT2D eigenvalue weighted by Gasteiger charge is 2.25. The summed E-state index contributed by atoms with van der Waals surface area (Å²) in [5, 5.41) is 9.90. The van der Waals surface area contributed by atoms with Crippen molar-refractivity contribution >= 4 is 40.7 Å². The predicted octanol–water partition coefficient (Wildman–Crippen LogP) is 2.71. The summed E-state index contributed by atoms with van der Waals surface area (Å²) in [6, 6.07) is 13.7. The molecular weight excluding hydrogens is 368 g/mol. The topological polar surface area (TPSA) is 103 Å². The zero-order valence-electron chi connectivity index (χ0n) is 14.4. The Morgan fingerprint density at radius 1 is 1.15 bits per heavy atom. The molecule has 0 spiro atoms. The number of nitrogens with one attached hydrogen (secondary N) is 2. The molecule has 1 atom stereocenters. The molecule has 1 aliphatic rings. The molecule has 7 nitrogen and oxygen atoms in total. The van der Waals surface area contributed by atoms with Crippen molar-refractivity contribution in [3.05, 3.63) is 64.7 Å². The first kappa shape index (κ1) is 18.6. The number of hydrazine groups is 1. The molecule has 0 saturated carbocycles. The number of fused-ring (bicyclic) bond motifs is 1. The molecule has 0 bridgehead atoms. The summed E-state index contributed by atoms with van der Waals surface area (Å²) in [4.78, 5) is 31.8. The second-order valence-electron chi connectivity index (χ2n) is 5.92. The lowest BCUT2D eigenvalue weighted by molar-refractivity contribution is -0.137. The Kier molecular flexibility index (Phi) is 5.52. The second-order valence-corrected chi connectivity index (χ2v) is 6.36. The van der Waals surface area contributed by atoms with Gasteiger partial charge in [0.25, 0.3) is 0 Å². The highest BCUT2D eigenvalue weighted by molar-refractivity contribution is 6.30. The quantitative estimate of drug-likeness (QED) is 0.708. The minimum absolute atomic E-state index is 0.254. The Labute approximate surface area is 160 Å². The number of hydrogen-bond acceptors (Lipinski definition) is 5. The van der Waals surface area contributed by atoms with Gasteiger partial charge >= 0.3 is 5.97 Å². The predicted molar refractivity (Wildman–Crippen MR) is 104 cm³/mol. The number of halogens is 1. The maximum atomic E-state index is 11.4. The number of hydrogen-bond donors (Lipinski definition) is 3. The minimum atomic E-state index is -1.03. The highest BCUT2D eigenvalue weighted by atomic mass is 35.5. The number of carbonyl (C=O) groups excluding carboxylic acids is 1. The molecule has 0 aliphatic carbocycles. The van der Waals surface area contributed by atoms with Gasteiger partial charge in [-0.25, -0.2) is 4.99 Å². The van der Waals surface area contributed by atoms with E-state index in [1.807, 2.05) is 30.3 Å². The van der Waals surface area contributed by atoms with Gasteiger partial charge in [-0.15, -0.1) is 0 Å². The third kappa shape index (κ3) is 4.51. The SMILES string of the molecule is CC(=O)NNC1=Nc2ccccc2C(c2ccc(Cl)cc2)=NC1CC(=O)O. The molecule has 0 radical (unpaired) electrons.